The Labute approximate surface area is 190 Å². The van der Waals surface area contributed by atoms with E-state index in [2.05, 4.69) is 0 Å². The summed E-state index contributed by atoms with van der Waals surface area (Å²) in [5, 5.41) is 9.97. The smallest absolute Gasteiger partial charge is 0.274 e. The molecule has 0 atom stereocenters. The molecule has 7 heteroatoms. The van der Waals surface area contributed by atoms with Gasteiger partial charge in [0.2, 0.25) is 0 Å². The Hall–Kier alpha value is -4.10. The Morgan fingerprint density at radius 3 is 2.48 bits per heavy atom. The Morgan fingerprint density at radius 2 is 1.70 bits per heavy atom. The number of pyridine rings is 1. The monoisotopic (exact) mass is 444 g/mol. The molecule has 4 aromatic rings. The molecule has 0 aliphatic rings. The Morgan fingerprint density at radius 1 is 0.909 bits per heavy atom. The van der Waals surface area contributed by atoms with Crippen LogP contribution in [0.3, 0.4) is 0 Å². The second-order valence-electron chi connectivity index (χ2n) is 7.51. The molecule has 1 heterocycles. The predicted molar refractivity (Wildman–Crippen MR) is 125 cm³/mol. The third-order valence-electron chi connectivity index (χ3n) is 5.21. The molecule has 0 saturated carbocycles. The second kappa shape index (κ2) is 10.5. The molecule has 7 nitrogen and oxygen atoms in total. The van der Waals surface area contributed by atoms with Crippen LogP contribution in [0.1, 0.15) is 22.3 Å². The molecule has 0 radical (unpaired) electrons. The van der Waals surface area contributed by atoms with Gasteiger partial charge in [0.25, 0.3) is 11.5 Å². The summed E-state index contributed by atoms with van der Waals surface area (Å²) < 4.78 is 13.3. The summed E-state index contributed by atoms with van der Waals surface area (Å²) in [4.78, 5) is 24.4. The summed E-state index contributed by atoms with van der Waals surface area (Å²) in [7, 11) is 0. The maximum atomic E-state index is 12.8. The molecule has 0 unspecified atom stereocenters. The number of benzene rings is 3. The SMILES string of the molecule is O=C(NO)c1ccc2ccn(CCCOc3cccc(OCc4ccccc4)c3)c(=O)c2c1. The highest BCUT2D eigenvalue weighted by Gasteiger charge is 2.09. The van der Waals surface area contributed by atoms with Crippen molar-refractivity contribution in [2.24, 2.45) is 0 Å². The van der Waals surface area contributed by atoms with Crippen LogP contribution in [0.4, 0.5) is 0 Å². The van der Waals surface area contributed by atoms with Gasteiger partial charge in [-0.15, -0.1) is 0 Å². The van der Waals surface area contributed by atoms with Crippen molar-refractivity contribution < 1.29 is 19.5 Å². The molecular formula is C26H24N2O5. The van der Waals surface area contributed by atoms with E-state index in [4.69, 9.17) is 14.7 Å². The number of carbonyl (C=O) groups excluding carboxylic acids is 1. The van der Waals surface area contributed by atoms with Gasteiger partial charge < -0.3 is 14.0 Å². The molecule has 0 bridgehead atoms. The van der Waals surface area contributed by atoms with Gasteiger partial charge in [-0.3, -0.25) is 14.8 Å². The molecule has 168 valence electrons. The maximum Gasteiger partial charge on any atom is 0.274 e. The van der Waals surface area contributed by atoms with E-state index in [-0.39, 0.29) is 11.1 Å². The summed E-state index contributed by atoms with van der Waals surface area (Å²) in [6.07, 6.45) is 2.35. The zero-order valence-electron chi connectivity index (χ0n) is 17.9. The number of hydrogen-bond donors (Lipinski definition) is 2. The maximum absolute atomic E-state index is 12.8. The van der Waals surface area contributed by atoms with Crippen LogP contribution in [0.15, 0.2) is 89.9 Å². The van der Waals surface area contributed by atoms with Crippen molar-refractivity contribution in [1.29, 1.82) is 0 Å². The fourth-order valence-corrected chi connectivity index (χ4v) is 3.48. The molecule has 2 N–H and O–H groups in total. The Balaban J connectivity index is 1.33. The van der Waals surface area contributed by atoms with Gasteiger partial charge >= 0.3 is 0 Å². The number of carbonyl (C=O) groups is 1. The molecular weight excluding hydrogens is 420 g/mol. The van der Waals surface area contributed by atoms with Crippen molar-refractivity contribution in [3.05, 3.63) is 107 Å². The van der Waals surface area contributed by atoms with Crippen LogP contribution in [-0.4, -0.2) is 22.3 Å². The van der Waals surface area contributed by atoms with Gasteiger partial charge in [-0.05, 0) is 47.7 Å². The van der Waals surface area contributed by atoms with Gasteiger partial charge in [0.1, 0.15) is 18.1 Å². The first kappa shape index (κ1) is 22.1. The average molecular weight is 444 g/mol. The van der Waals surface area contributed by atoms with Crippen LogP contribution in [0.2, 0.25) is 0 Å². The first-order valence-electron chi connectivity index (χ1n) is 10.6. The first-order valence-corrected chi connectivity index (χ1v) is 10.6. The lowest BCUT2D eigenvalue weighted by molar-refractivity contribution is 0.0706. The summed E-state index contributed by atoms with van der Waals surface area (Å²) in [6.45, 7) is 1.38. The second-order valence-corrected chi connectivity index (χ2v) is 7.51. The predicted octanol–water partition coefficient (Wildman–Crippen LogP) is 4.17. The molecule has 0 aliphatic carbocycles. The summed E-state index contributed by atoms with van der Waals surface area (Å²) in [5.74, 6) is 0.769. The molecule has 0 saturated heterocycles. The Bertz CT molecular complexity index is 1300. The third-order valence-corrected chi connectivity index (χ3v) is 5.21. The van der Waals surface area contributed by atoms with Crippen LogP contribution in [-0.2, 0) is 13.2 Å². The van der Waals surface area contributed by atoms with Gasteiger partial charge in [0, 0.05) is 29.8 Å². The van der Waals surface area contributed by atoms with Gasteiger partial charge in [-0.1, -0.05) is 42.5 Å². The van der Waals surface area contributed by atoms with E-state index in [0.29, 0.717) is 37.3 Å². The number of aromatic nitrogens is 1. The lowest BCUT2D eigenvalue weighted by atomic mass is 10.1. The molecule has 1 amide bonds. The number of ether oxygens (including phenoxy) is 2. The van der Waals surface area contributed by atoms with Crippen LogP contribution in [0.5, 0.6) is 11.5 Å². The van der Waals surface area contributed by atoms with Crippen molar-refractivity contribution in [2.75, 3.05) is 6.61 Å². The molecule has 4 rings (SSSR count). The van der Waals surface area contributed by atoms with Crippen LogP contribution in [0.25, 0.3) is 10.8 Å². The fourth-order valence-electron chi connectivity index (χ4n) is 3.48. The van der Waals surface area contributed by atoms with E-state index in [1.54, 1.807) is 28.4 Å². The zero-order valence-corrected chi connectivity index (χ0v) is 17.9. The zero-order chi connectivity index (χ0) is 23.0. The summed E-state index contributed by atoms with van der Waals surface area (Å²) in [5.41, 5.74) is 2.70. The molecule has 0 aliphatic heterocycles. The number of nitrogens with one attached hydrogen (secondary N) is 1. The molecule has 3 aromatic carbocycles. The minimum atomic E-state index is -0.657. The van der Waals surface area contributed by atoms with Crippen molar-refractivity contribution in [2.45, 2.75) is 19.6 Å². The normalized spacial score (nSPS) is 10.7. The van der Waals surface area contributed by atoms with E-state index >= 15 is 0 Å². The van der Waals surface area contributed by atoms with E-state index < -0.39 is 5.91 Å². The molecule has 0 spiro atoms. The highest BCUT2D eigenvalue weighted by atomic mass is 16.5. The van der Waals surface area contributed by atoms with Crippen LogP contribution < -0.4 is 20.5 Å². The van der Waals surface area contributed by atoms with Crippen LogP contribution >= 0.6 is 0 Å². The molecule has 33 heavy (non-hydrogen) atoms. The van der Waals surface area contributed by atoms with Gasteiger partial charge in [0.15, 0.2) is 0 Å². The molecule has 1 aromatic heterocycles. The topological polar surface area (TPSA) is 89.8 Å². The van der Waals surface area contributed by atoms with Crippen molar-refractivity contribution in [3.63, 3.8) is 0 Å². The van der Waals surface area contributed by atoms with E-state index in [0.717, 1.165) is 16.7 Å². The van der Waals surface area contributed by atoms with Gasteiger partial charge in [-0.2, -0.15) is 0 Å². The highest BCUT2D eigenvalue weighted by Crippen LogP contribution is 2.21. The standard InChI is InChI=1S/C26H24N2O5/c29-25(27-31)21-11-10-20-12-14-28(26(30)24(20)16-21)13-5-15-32-22-8-4-9-23(17-22)33-18-19-6-2-1-3-7-19/h1-4,6-12,14,16-17,31H,5,13,15,18H2,(H,27,29). The van der Waals surface area contributed by atoms with Crippen molar-refractivity contribution in [3.8, 4) is 11.5 Å². The number of hydroxylamine groups is 1. The van der Waals surface area contributed by atoms with Crippen molar-refractivity contribution >= 4 is 16.7 Å². The largest absolute Gasteiger partial charge is 0.493 e. The van der Waals surface area contributed by atoms with Gasteiger partial charge in [0.05, 0.1) is 6.61 Å². The lowest BCUT2D eigenvalue weighted by Crippen LogP contribution is -2.22. The number of amides is 1. The van der Waals surface area contributed by atoms with Crippen molar-refractivity contribution in [1.82, 2.24) is 10.0 Å². The fraction of sp³-hybridized carbons (Fsp3) is 0.154. The number of aryl methyl sites for hydroxylation is 1. The van der Waals surface area contributed by atoms with Gasteiger partial charge in [-0.25, -0.2) is 5.48 Å². The van der Waals surface area contributed by atoms with E-state index in [1.165, 1.54) is 6.07 Å². The van der Waals surface area contributed by atoms with E-state index in [1.807, 2.05) is 60.7 Å². The number of hydrogen-bond acceptors (Lipinski definition) is 5. The minimum absolute atomic E-state index is 0.198. The Kier molecular flexibility index (Phi) is 7.02. The first-order chi connectivity index (χ1) is 16.1. The lowest BCUT2D eigenvalue weighted by Gasteiger charge is -2.11. The highest BCUT2D eigenvalue weighted by molar-refractivity contribution is 5.97. The third kappa shape index (κ3) is 5.58. The quantitative estimate of drug-likeness (QED) is 0.230. The number of fused-ring (bicyclic) bond motifs is 1. The molecule has 0 fully saturated rings. The number of rotatable bonds is 9. The van der Waals surface area contributed by atoms with Crippen LogP contribution in [0, 0.1) is 0 Å². The summed E-state index contributed by atoms with van der Waals surface area (Å²) >= 11 is 0. The van der Waals surface area contributed by atoms with E-state index in [9.17, 15) is 9.59 Å². The average Bonchev–Trinajstić information content (AvgIpc) is 2.87. The summed E-state index contributed by atoms with van der Waals surface area (Å²) in [6, 6.07) is 24.0. The minimum Gasteiger partial charge on any atom is -0.493 e. The number of nitrogens with zero attached hydrogens (tertiary/aromatic N) is 1.